The summed E-state index contributed by atoms with van der Waals surface area (Å²) in [5, 5.41) is 0.916. The van der Waals surface area contributed by atoms with Crippen LogP contribution in [-0.4, -0.2) is 29.0 Å². The van der Waals surface area contributed by atoms with E-state index in [0.29, 0.717) is 10.6 Å². The minimum atomic E-state index is -2.15. The van der Waals surface area contributed by atoms with Gasteiger partial charge in [-0.25, -0.2) is 4.90 Å². The molecule has 1 spiro atoms. The highest BCUT2D eigenvalue weighted by molar-refractivity contribution is 6.38. The van der Waals surface area contributed by atoms with E-state index in [1.54, 1.807) is 36.4 Å². The molecule has 9 heteroatoms. The molecule has 3 aromatic carbocycles. The van der Waals surface area contributed by atoms with E-state index in [1.165, 1.54) is 30.3 Å². The number of Topliss-reactive ketones (excluding diaryl/α,β-unsaturated/α-hetero) is 2. The average Bonchev–Trinajstić information content (AvgIpc) is 3.39. The topological polar surface area (TPSA) is 80.8 Å². The summed E-state index contributed by atoms with van der Waals surface area (Å²) >= 11 is 18.3. The van der Waals surface area contributed by atoms with E-state index < -0.39 is 46.9 Å². The molecule has 1 aliphatic carbocycles. The van der Waals surface area contributed by atoms with Crippen molar-refractivity contribution in [3.63, 3.8) is 0 Å². The first-order valence-electron chi connectivity index (χ1n) is 10.7. The molecule has 2 amide bonds. The molecule has 6 rings (SSSR count). The normalized spacial score (nSPS) is 24.4. The number of ether oxygens (including phenoxy) is 1. The predicted octanol–water partition coefficient (Wildman–Crippen LogP) is 5.34. The second-order valence-electron chi connectivity index (χ2n) is 8.67. The molecule has 2 aliphatic heterocycles. The van der Waals surface area contributed by atoms with Gasteiger partial charge in [-0.15, -0.1) is 0 Å². The van der Waals surface area contributed by atoms with Crippen LogP contribution in [0, 0.1) is 11.8 Å². The van der Waals surface area contributed by atoms with Crippen molar-refractivity contribution in [3.8, 4) is 0 Å². The third kappa shape index (κ3) is 3.01. The monoisotopic (exact) mass is 525 g/mol. The Hall–Kier alpha value is -3.03. The second-order valence-corrected chi connectivity index (χ2v) is 9.98. The number of amides is 2. The van der Waals surface area contributed by atoms with Gasteiger partial charge in [-0.05, 0) is 35.9 Å². The molecular formula is C26H14Cl3NO5. The molecule has 0 radical (unpaired) electrons. The third-order valence-corrected chi connectivity index (χ3v) is 7.51. The molecular weight excluding hydrogens is 513 g/mol. The Morgan fingerprint density at radius 2 is 1.29 bits per heavy atom. The number of imide groups is 1. The van der Waals surface area contributed by atoms with Gasteiger partial charge in [-0.3, -0.25) is 19.2 Å². The molecule has 3 atom stereocenters. The van der Waals surface area contributed by atoms with Crippen molar-refractivity contribution in [1.29, 1.82) is 0 Å². The predicted molar refractivity (Wildman–Crippen MR) is 129 cm³/mol. The fourth-order valence-corrected chi connectivity index (χ4v) is 6.03. The molecule has 0 N–H and O–H groups in total. The summed E-state index contributed by atoms with van der Waals surface area (Å²) in [4.78, 5) is 56.0. The SMILES string of the molecule is O=C1[C@H]2[C@H](c3ccc(Cl)cc3)OC3(C(=O)c4ccccc4C3=O)[C@H]2C(=O)N1c1cc(Cl)cc(Cl)c1. The molecule has 2 heterocycles. The van der Waals surface area contributed by atoms with Gasteiger partial charge in [0.1, 0.15) is 0 Å². The number of carbonyl (C=O) groups excluding carboxylic acids is 4. The number of carbonyl (C=O) groups is 4. The molecule has 174 valence electrons. The first kappa shape index (κ1) is 22.4. The highest BCUT2D eigenvalue weighted by Crippen LogP contribution is 2.57. The molecule has 35 heavy (non-hydrogen) atoms. The van der Waals surface area contributed by atoms with Crippen molar-refractivity contribution >= 4 is 63.9 Å². The molecule has 3 aliphatic rings. The largest absolute Gasteiger partial charge is 0.349 e. The molecule has 3 aromatic rings. The smallest absolute Gasteiger partial charge is 0.241 e. The van der Waals surface area contributed by atoms with Crippen LogP contribution in [0.15, 0.2) is 66.7 Å². The zero-order valence-electron chi connectivity index (χ0n) is 17.7. The fraction of sp³-hybridized carbons (Fsp3) is 0.154. The molecule has 2 saturated heterocycles. The van der Waals surface area contributed by atoms with Crippen LogP contribution in [0.5, 0.6) is 0 Å². The number of ketones is 2. The Balaban J connectivity index is 1.55. The summed E-state index contributed by atoms with van der Waals surface area (Å²) in [5.74, 6) is -5.06. The average molecular weight is 527 g/mol. The number of anilines is 1. The van der Waals surface area contributed by atoms with E-state index >= 15 is 0 Å². The van der Waals surface area contributed by atoms with Crippen LogP contribution in [0.25, 0.3) is 0 Å². The lowest BCUT2D eigenvalue weighted by atomic mass is 9.77. The van der Waals surface area contributed by atoms with Gasteiger partial charge in [0.15, 0.2) is 0 Å². The van der Waals surface area contributed by atoms with Crippen molar-refractivity contribution < 1.29 is 23.9 Å². The zero-order chi connectivity index (χ0) is 24.6. The van der Waals surface area contributed by atoms with Gasteiger partial charge in [0.2, 0.25) is 29.0 Å². The standard InChI is InChI=1S/C26H14Cl3NO5/c27-13-7-5-12(6-8-13)21-19-20(25(34)30(24(19)33)16-10-14(28)9-15(29)11-16)26(35-21)22(31)17-3-1-2-4-18(17)23(26)32/h1-11,19-21H/t19-,20-,21+/m1/s1. The number of nitrogens with zero attached hydrogens (tertiary/aromatic N) is 1. The van der Waals surface area contributed by atoms with Gasteiger partial charge in [-0.1, -0.05) is 71.2 Å². The van der Waals surface area contributed by atoms with Crippen LogP contribution in [0.2, 0.25) is 15.1 Å². The van der Waals surface area contributed by atoms with E-state index in [9.17, 15) is 19.2 Å². The maximum atomic E-state index is 13.9. The Morgan fingerprint density at radius 3 is 1.86 bits per heavy atom. The first-order chi connectivity index (χ1) is 16.7. The molecule has 0 bridgehead atoms. The van der Waals surface area contributed by atoms with Gasteiger partial charge >= 0.3 is 0 Å². The summed E-state index contributed by atoms with van der Waals surface area (Å²) in [6.45, 7) is 0. The summed E-state index contributed by atoms with van der Waals surface area (Å²) in [6.07, 6.45) is -1.03. The van der Waals surface area contributed by atoms with Crippen LogP contribution in [-0.2, 0) is 14.3 Å². The van der Waals surface area contributed by atoms with Gasteiger partial charge in [0.05, 0.1) is 23.6 Å². The number of hydrogen-bond acceptors (Lipinski definition) is 5. The summed E-state index contributed by atoms with van der Waals surface area (Å²) < 4.78 is 6.22. The van der Waals surface area contributed by atoms with Gasteiger partial charge in [0.25, 0.3) is 0 Å². The highest BCUT2D eigenvalue weighted by Gasteiger charge is 2.74. The molecule has 6 nitrogen and oxygen atoms in total. The number of hydrogen-bond donors (Lipinski definition) is 0. The van der Waals surface area contributed by atoms with E-state index in [0.717, 1.165) is 4.90 Å². The summed E-state index contributed by atoms with van der Waals surface area (Å²) in [7, 11) is 0. The van der Waals surface area contributed by atoms with Crippen LogP contribution >= 0.6 is 34.8 Å². The van der Waals surface area contributed by atoms with E-state index in [2.05, 4.69) is 0 Å². The molecule has 2 fully saturated rings. The lowest BCUT2D eigenvalue weighted by Gasteiger charge is -2.27. The van der Waals surface area contributed by atoms with Crippen LogP contribution in [0.1, 0.15) is 32.4 Å². The van der Waals surface area contributed by atoms with E-state index in [-0.39, 0.29) is 26.9 Å². The quantitative estimate of drug-likeness (QED) is 0.333. The van der Waals surface area contributed by atoms with Crippen molar-refractivity contribution in [2.75, 3.05) is 4.90 Å². The van der Waals surface area contributed by atoms with E-state index in [1.807, 2.05) is 0 Å². The first-order valence-corrected chi connectivity index (χ1v) is 11.8. The van der Waals surface area contributed by atoms with Crippen molar-refractivity contribution in [2.24, 2.45) is 11.8 Å². The maximum Gasteiger partial charge on any atom is 0.241 e. The Kier molecular flexibility index (Phi) is 4.96. The zero-order valence-corrected chi connectivity index (χ0v) is 20.0. The second kappa shape index (κ2) is 7.73. The Labute approximate surface area is 214 Å². The van der Waals surface area contributed by atoms with Crippen molar-refractivity contribution in [3.05, 3.63) is 98.5 Å². The van der Waals surface area contributed by atoms with Crippen LogP contribution in [0.3, 0.4) is 0 Å². The molecule has 0 unspecified atom stereocenters. The van der Waals surface area contributed by atoms with Crippen molar-refractivity contribution in [2.45, 2.75) is 11.7 Å². The van der Waals surface area contributed by atoms with Gasteiger partial charge in [-0.2, -0.15) is 0 Å². The maximum absolute atomic E-state index is 13.9. The Bertz CT molecular complexity index is 1410. The van der Waals surface area contributed by atoms with E-state index in [4.69, 9.17) is 39.5 Å². The van der Waals surface area contributed by atoms with Gasteiger partial charge < -0.3 is 4.74 Å². The number of benzene rings is 3. The number of halogens is 3. The number of rotatable bonds is 2. The fourth-order valence-electron chi connectivity index (χ4n) is 5.39. The van der Waals surface area contributed by atoms with Crippen LogP contribution in [0.4, 0.5) is 5.69 Å². The lowest BCUT2D eigenvalue weighted by Crippen LogP contribution is -2.51. The Morgan fingerprint density at radius 1 is 0.714 bits per heavy atom. The molecule has 0 saturated carbocycles. The lowest BCUT2D eigenvalue weighted by molar-refractivity contribution is -0.127. The summed E-state index contributed by atoms with van der Waals surface area (Å²) in [5.41, 5.74) is -1.14. The minimum Gasteiger partial charge on any atom is -0.349 e. The minimum absolute atomic E-state index is 0.160. The molecule has 0 aromatic heterocycles. The highest BCUT2D eigenvalue weighted by atomic mass is 35.5. The van der Waals surface area contributed by atoms with Crippen molar-refractivity contribution in [1.82, 2.24) is 0 Å². The number of fused-ring (bicyclic) bond motifs is 3. The van der Waals surface area contributed by atoms with Crippen LogP contribution < -0.4 is 4.90 Å². The summed E-state index contributed by atoms with van der Waals surface area (Å²) in [6, 6.07) is 17.2. The van der Waals surface area contributed by atoms with Gasteiger partial charge in [0, 0.05) is 26.2 Å². The third-order valence-electron chi connectivity index (χ3n) is 6.82.